The zero-order chi connectivity index (χ0) is 26.1. The molecule has 0 aromatic heterocycles. The molecule has 0 bridgehead atoms. The molecule has 0 fully saturated rings. The Balaban J connectivity index is 1.50. The highest BCUT2D eigenvalue weighted by Gasteiger charge is 2.29. The van der Waals surface area contributed by atoms with E-state index in [1.807, 2.05) is 67.5 Å². The minimum Gasteiger partial charge on any atom is -0.454 e. The Bertz CT molecular complexity index is 1400. The number of ether oxygens (including phenoxy) is 2. The summed E-state index contributed by atoms with van der Waals surface area (Å²) in [5.74, 6) is 1.03. The average Bonchev–Trinajstić information content (AvgIpc) is 3.48. The summed E-state index contributed by atoms with van der Waals surface area (Å²) < 4.78 is 11.9. The van der Waals surface area contributed by atoms with Gasteiger partial charge in [-0.2, -0.15) is 0 Å². The Morgan fingerprint density at radius 3 is 2.43 bits per heavy atom. The fourth-order valence-electron chi connectivity index (χ4n) is 4.24. The van der Waals surface area contributed by atoms with Gasteiger partial charge in [-0.15, -0.1) is 0 Å². The molecule has 2 aliphatic heterocycles. The Labute approximate surface area is 224 Å². The number of benzene rings is 3. The third kappa shape index (κ3) is 5.19. The van der Waals surface area contributed by atoms with Crippen LogP contribution in [0.4, 0.5) is 11.4 Å². The van der Waals surface area contributed by atoms with E-state index < -0.39 is 0 Å². The maximum absolute atomic E-state index is 13.2. The van der Waals surface area contributed by atoms with E-state index in [1.165, 1.54) is 0 Å². The van der Waals surface area contributed by atoms with Crippen molar-refractivity contribution in [1.29, 1.82) is 0 Å². The van der Waals surface area contributed by atoms with Gasteiger partial charge in [-0.1, -0.05) is 22.0 Å². The Hall–Kier alpha value is -3.82. The van der Waals surface area contributed by atoms with Gasteiger partial charge in [0.15, 0.2) is 11.5 Å². The second-order valence-corrected chi connectivity index (χ2v) is 10.1. The van der Waals surface area contributed by atoms with Crippen molar-refractivity contribution in [2.75, 3.05) is 51.7 Å². The number of likely N-dealkylation sites (N-methyl/N-ethyl adjacent to an activating group) is 2. The molecule has 3 aromatic rings. The van der Waals surface area contributed by atoms with Crippen molar-refractivity contribution in [3.63, 3.8) is 0 Å². The van der Waals surface area contributed by atoms with Crippen LogP contribution in [-0.4, -0.2) is 62.6 Å². The number of nitrogens with one attached hydrogen (secondary N) is 2. The smallest absolute Gasteiger partial charge is 0.258 e. The molecule has 37 heavy (non-hydrogen) atoms. The van der Waals surface area contributed by atoms with Gasteiger partial charge < -0.3 is 29.9 Å². The van der Waals surface area contributed by atoms with Crippen LogP contribution in [0.5, 0.6) is 11.5 Å². The molecule has 0 radical (unpaired) electrons. The van der Waals surface area contributed by atoms with Gasteiger partial charge in [0, 0.05) is 47.0 Å². The lowest BCUT2D eigenvalue weighted by atomic mass is 9.99. The molecular weight excluding hydrogens is 536 g/mol. The summed E-state index contributed by atoms with van der Waals surface area (Å²) in [6, 6.07) is 18.5. The first-order valence-electron chi connectivity index (χ1n) is 11.8. The molecule has 0 saturated heterocycles. The van der Waals surface area contributed by atoms with E-state index in [0.29, 0.717) is 34.9 Å². The zero-order valence-corrected chi connectivity index (χ0v) is 22.4. The molecular formula is C28H27BrN4O4. The van der Waals surface area contributed by atoms with Crippen LogP contribution in [0.15, 0.2) is 65.1 Å². The minimum atomic E-state index is -0.206. The average molecular weight is 563 g/mol. The third-order valence-electron chi connectivity index (χ3n) is 6.27. The molecule has 5 rings (SSSR count). The standard InChI is InChI=1S/C28H27BrN4O4/c1-32(2)12-13-33(3)28(35)17-4-8-20(9-5-17)30-26(18-6-11-23-24(14-18)37-16-36-23)25-21-10-7-19(29)15-22(21)31-27(25)34/h4-11,14-15,30H,12-13,16H2,1-3H3,(H,31,34)/b26-25-. The van der Waals surface area contributed by atoms with Gasteiger partial charge in [0.2, 0.25) is 6.79 Å². The molecule has 2 aliphatic rings. The molecule has 190 valence electrons. The van der Waals surface area contributed by atoms with Crippen molar-refractivity contribution >= 4 is 50.4 Å². The van der Waals surface area contributed by atoms with Crippen LogP contribution in [-0.2, 0) is 4.79 Å². The quantitative estimate of drug-likeness (QED) is 0.404. The molecule has 2 heterocycles. The number of halogens is 1. The highest BCUT2D eigenvalue weighted by Crippen LogP contribution is 2.41. The fourth-order valence-corrected chi connectivity index (χ4v) is 4.60. The summed E-state index contributed by atoms with van der Waals surface area (Å²) in [4.78, 5) is 29.8. The van der Waals surface area contributed by atoms with Crippen molar-refractivity contribution < 1.29 is 19.1 Å². The first-order chi connectivity index (χ1) is 17.8. The summed E-state index contributed by atoms with van der Waals surface area (Å²) in [5, 5.41) is 6.39. The predicted octanol–water partition coefficient (Wildman–Crippen LogP) is 4.74. The van der Waals surface area contributed by atoms with Crippen molar-refractivity contribution in [3.8, 4) is 11.5 Å². The molecule has 0 spiro atoms. The summed E-state index contributed by atoms with van der Waals surface area (Å²) in [5.41, 5.74) is 4.78. The molecule has 2 amide bonds. The lowest BCUT2D eigenvalue weighted by molar-refractivity contribution is -0.110. The molecule has 0 saturated carbocycles. The van der Waals surface area contributed by atoms with Crippen LogP contribution in [0.2, 0.25) is 0 Å². The van der Waals surface area contributed by atoms with Crippen LogP contribution in [0.25, 0.3) is 11.3 Å². The topological polar surface area (TPSA) is 83.1 Å². The summed E-state index contributed by atoms with van der Waals surface area (Å²) in [6.45, 7) is 1.58. The maximum atomic E-state index is 13.2. The van der Waals surface area contributed by atoms with Crippen molar-refractivity contribution in [2.45, 2.75) is 0 Å². The van der Waals surface area contributed by atoms with Crippen LogP contribution in [0.1, 0.15) is 21.5 Å². The van der Waals surface area contributed by atoms with Crippen LogP contribution < -0.4 is 20.1 Å². The Morgan fingerprint density at radius 2 is 1.68 bits per heavy atom. The van der Waals surface area contributed by atoms with Gasteiger partial charge in [-0.25, -0.2) is 0 Å². The number of rotatable bonds is 7. The molecule has 0 unspecified atom stereocenters. The van der Waals surface area contributed by atoms with Gasteiger partial charge in [0.1, 0.15) is 0 Å². The second-order valence-electron chi connectivity index (χ2n) is 9.19. The maximum Gasteiger partial charge on any atom is 0.258 e. The van der Waals surface area contributed by atoms with Crippen LogP contribution in [0.3, 0.4) is 0 Å². The van der Waals surface area contributed by atoms with E-state index >= 15 is 0 Å². The lowest BCUT2D eigenvalue weighted by Gasteiger charge is -2.20. The number of hydrogen-bond acceptors (Lipinski definition) is 6. The van der Waals surface area contributed by atoms with Crippen LogP contribution in [0, 0.1) is 0 Å². The van der Waals surface area contributed by atoms with Gasteiger partial charge >= 0.3 is 0 Å². The molecule has 2 N–H and O–H groups in total. The number of anilines is 2. The zero-order valence-electron chi connectivity index (χ0n) is 20.8. The first kappa shape index (κ1) is 24.9. The molecule has 8 nitrogen and oxygen atoms in total. The largest absolute Gasteiger partial charge is 0.454 e. The molecule has 0 atom stereocenters. The van der Waals surface area contributed by atoms with Crippen molar-refractivity contribution in [3.05, 3.63) is 81.8 Å². The first-order valence-corrected chi connectivity index (χ1v) is 12.6. The fraction of sp³-hybridized carbons (Fsp3) is 0.214. The molecule has 9 heteroatoms. The van der Waals surface area contributed by atoms with E-state index in [1.54, 1.807) is 24.1 Å². The van der Waals surface area contributed by atoms with Crippen molar-refractivity contribution in [1.82, 2.24) is 9.80 Å². The summed E-state index contributed by atoms with van der Waals surface area (Å²) in [6.07, 6.45) is 0. The van der Waals surface area contributed by atoms with Gasteiger partial charge in [0.25, 0.3) is 11.8 Å². The molecule has 0 aliphatic carbocycles. The van der Waals surface area contributed by atoms with Crippen LogP contribution >= 0.6 is 15.9 Å². The summed E-state index contributed by atoms with van der Waals surface area (Å²) >= 11 is 3.47. The summed E-state index contributed by atoms with van der Waals surface area (Å²) in [7, 11) is 5.76. The van der Waals surface area contributed by atoms with Crippen molar-refractivity contribution in [2.24, 2.45) is 0 Å². The van der Waals surface area contributed by atoms with Gasteiger partial charge in [-0.05, 0) is 68.7 Å². The number of nitrogens with zero attached hydrogens (tertiary/aromatic N) is 2. The van der Waals surface area contributed by atoms with E-state index in [-0.39, 0.29) is 18.6 Å². The number of carbonyl (C=O) groups excluding carboxylic acids is 2. The highest BCUT2D eigenvalue weighted by atomic mass is 79.9. The third-order valence-corrected chi connectivity index (χ3v) is 6.76. The molecule has 3 aromatic carbocycles. The number of amides is 2. The lowest BCUT2D eigenvalue weighted by Crippen LogP contribution is -2.33. The highest BCUT2D eigenvalue weighted by molar-refractivity contribution is 9.10. The van der Waals surface area contributed by atoms with Gasteiger partial charge in [0.05, 0.1) is 17.0 Å². The normalized spacial score (nSPS) is 14.9. The van der Waals surface area contributed by atoms with E-state index in [0.717, 1.165) is 33.5 Å². The van der Waals surface area contributed by atoms with E-state index in [9.17, 15) is 9.59 Å². The minimum absolute atomic E-state index is 0.0441. The SMILES string of the molecule is CN(C)CCN(C)C(=O)c1ccc(N/C(=C2\C(=O)Nc3cc(Br)ccc32)c2ccc3c(c2)OCO3)cc1. The predicted molar refractivity (Wildman–Crippen MR) is 148 cm³/mol. The van der Waals surface area contributed by atoms with Gasteiger partial charge in [-0.3, -0.25) is 9.59 Å². The number of hydrogen-bond donors (Lipinski definition) is 2. The van der Waals surface area contributed by atoms with E-state index in [2.05, 4.69) is 26.6 Å². The number of carbonyl (C=O) groups is 2. The number of fused-ring (bicyclic) bond motifs is 2. The monoisotopic (exact) mass is 562 g/mol. The Kier molecular flexibility index (Phi) is 6.90. The Morgan fingerprint density at radius 1 is 0.946 bits per heavy atom. The second kappa shape index (κ2) is 10.3. The van der Waals surface area contributed by atoms with E-state index in [4.69, 9.17) is 9.47 Å².